The maximum Gasteiger partial charge on any atom is 0.157 e. The Labute approximate surface area is 704 Å². The third-order valence-electron chi connectivity index (χ3n) is 39.5. The number of Topliss-reactive ketones (excluding diaryl/α,β-unsaturated/α-hetero) is 3. The second-order valence-electron chi connectivity index (χ2n) is 46.5. The van der Waals surface area contributed by atoms with E-state index in [1.54, 1.807) is 6.20 Å². The molecule has 0 spiro atoms. The Morgan fingerprint density at radius 2 is 0.726 bits per heavy atom. The molecule has 4 aromatic rings. The first-order valence-corrected chi connectivity index (χ1v) is 48.6. The maximum absolute atomic E-state index is 13.4. The summed E-state index contributed by atoms with van der Waals surface area (Å²) in [7, 11) is 0. The lowest BCUT2D eigenvalue weighted by molar-refractivity contribution is -0.133. The SMILES string of the molecule is C=C(Cn1ccc(C)n1)[C@H]1CC[C@H]2[C@@H]3CC[C@@H]4C[C@](C)(O)CC[C@@H]4[C@H]3CC[C@]12C.Cc1cc(C)n(CC(=O)[C@H]2CC[C@H]3[C@@H]4CC[C@@H]5C[C@](C)(O)CC[C@@H]5[C@H]4CC[C@]23C)n1.Cc1ccnn1CC(=O)[C@H]1CC[C@H]2[C@@H]3CC[C@@H]4C[C@](C)(O)CC[C@@H]4[C@H]3CC[C@]12C.Cc1cnn(CC(=O)[C@H]2CC[C@H]3[C@@H]4CC[C@@H]5C[C@](C)(O)CC[C@@H]5[C@H]4CC[C@]23C)c1. The zero-order chi connectivity index (χ0) is 82.4. The van der Waals surface area contributed by atoms with Crippen LogP contribution in [0.4, 0.5) is 0 Å². The minimum Gasteiger partial charge on any atom is -0.390 e. The summed E-state index contributed by atoms with van der Waals surface area (Å²) in [5.74, 6) is 18.6. The minimum atomic E-state index is -0.439. The van der Waals surface area contributed by atoms with E-state index in [1.807, 2.05) is 74.0 Å². The van der Waals surface area contributed by atoms with Crippen LogP contribution in [0.1, 0.15) is 315 Å². The van der Waals surface area contributed by atoms with E-state index in [4.69, 9.17) is 0 Å². The van der Waals surface area contributed by atoms with Gasteiger partial charge in [-0.25, -0.2) is 0 Å². The number of aliphatic hydroxyl groups is 4. The predicted octanol–water partition coefficient (Wildman–Crippen LogP) is 20.4. The molecule has 32 atom stereocenters. The fraction of sp³-hybridized carbons (Fsp3) is 0.833. The number of rotatable bonds is 12. The molecule has 117 heavy (non-hydrogen) atoms. The van der Waals surface area contributed by atoms with Crippen LogP contribution in [0.3, 0.4) is 0 Å². The van der Waals surface area contributed by atoms with E-state index in [-0.39, 0.29) is 34.0 Å². The van der Waals surface area contributed by atoms with Crippen molar-refractivity contribution < 1.29 is 34.8 Å². The van der Waals surface area contributed by atoms with E-state index in [9.17, 15) is 34.8 Å². The molecule has 16 aliphatic rings. The van der Waals surface area contributed by atoms with Crippen LogP contribution in [0.5, 0.6) is 0 Å². The maximum atomic E-state index is 13.4. The summed E-state index contributed by atoms with van der Waals surface area (Å²) in [6.45, 7) is 35.1. The van der Waals surface area contributed by atoms with Crippen molar-refractivity contribution in [2.75, 3.05) is 0 Å². The number of allylic oxidation sites excluding steroid dienone is 1. The monoisotopic (exact) mass is 1610 g/mol. The highest BCUT2D eigenvalue weighted by molar-refractivity contribution is 5.83. The standard InChI is InChI=1S/C26H40N2O2.C26H40N2O.2C25H38N2O2/c1-16-13-17(2)28(27-16)15-24(29)23-8-7-22-21-6-5-18-14-25(3,30)11-9-19(18)20(21)10-12-26(22,23)4;1-17(16-28-14-11-18(2)27-28)23-7-8-24-22-6-5-19-15-25(3,29)12-9-20(19)21(22)10-13-26(23,24)4;1-16-10-13-26-27(16)15-23(28)22-7-6-21-20-5-4-17-14-24(2,29)11-8-18(17)19(20)9-12-25(21,22)3;1-16-13-26-27(14-16)15-23(28)22-7-6-21-20-5-4-17-12-24(2,29)10-8-18(17)19(20)9-11-25(21,22)3/h13,18-23,30H,5-12,14-15H2,1-4H3;11,14,19-24,29H,1,5-10,12-13,15-16H2,2-4H3;10,13,17-22,29H,4-9,11-12,14-15H2,1-3H3;13-14,17-22,29H,4-12,15H2,1-3H3/t18-,19+,20-,21-,22+,23-,25-,26+;19-,20+,21-,22-,23-,24+,25-,26-;2*17-,18+,19-,20-,21+,22-,24-,25+/m1111/s1. The molecule has 15 nitrogen and oxygen atoms in total. The molecule has 4 heterocycles. The molecule has 4 N–H and O–H groups in total. The van der Waals surface area contributed by atoms with Gasteiger partial charge >= 0.3 is 0 Å². The van der Waals surface area contributed by atoms with Gasteiger partial charge in [-0.15, -0.1) is 0 Å². The first kappa shape index (κ1) is 84.6. The number of aromatic nitrogens is 8. The van der Waals surface area contributed by atoms with Crippen LogP contribution in [0.25, 0.3) is 0 Å². The lowest BCUT2D eigenvalue weighted by Crippen LogP contribution is -2.51. The molecule has 20 rings (SSSR count). The first-order valence-electron chi connectivity index (χ1n) is 48.6. The van der Waals surface area contributed by atoms with E-state index >= 15 is 0 Å². The van der Waals surface area contributed by atoms with Gasteiger partial charge in [0.15, 0.2) is 17.3 Å². The zero-order valence-corrected chi connectivity index (χ0v) is 75.0. The largest absolute Gasteiger partial charge is 0.390 e. The van der Waals surface area contributed by atoms with Crippen molar-refractivity contribution in [3.8, 4) is 0 Å². The van der Waals surface area contributed by atoms with Gasteiger partial charge in [-0.05, 0) is 463 Å². The van der Waals surface area contributed by atoms with Crippen LogP contribution < -0.4 is 0 Å². The van der Waals surface area contributed by atoms with E-state index < -0.39 is 22.4 Å². The molecule has 0 saturated heterocycles. The Bertz CT molecular complexity index is 4100. The lowest BCUT2D eigenvalue weighted by atomic mass is 9.49. The highest BCUT2D eigenvalue weighted by Crippen LogP contribution is 2.70. The van der Waals surface area contributed by atoms with Crippen LogP contribution in [0.2, 0.25) is 0 Å². The number of fused-ring (bicyclic) bond motifs is 20. The molecule has 16 fully saturated rings. The summed E-state index contributed by atoms with van der Waals surface area (Å²) in [5, 5.41) is 60.2. The average molecular weight is 1610 g/mol. The molecular weight excluding hydrogens is 1450 g/mol. The molecule has 0 aromatic carbocycles. The van der Waals surface area contributed by atoms with Crippen molar-refractivity contribution in [1.29, 1.82) is 0 Å². The van der Waals surface area contributed by atoms with E-state index in [0.29, 0.717) is 54.2 Å². The Hall–Kier alpha value is -4.57. The first-order chi connectivity index (χ1) is 55.5. The molecule has 646 valence electrons. The number of ketones is 3. The van der Waals surface area contributed by atoms with Crippen molar-refractivity contribution in [2.24, 2.45) is 164 Å². The predicted molar refractivity (Wildman–Crippen MR) is 462 cm³/mol. The number of aryl methyl sites for hydroxylation is 5. The summed E-state index contributed by atoms with van der Waals surface area (Å²) in [4.78, 5) is 40.0. The molecule has 16 aliphatic carbocycles. The Balaban J connectivity index is 0.000000112. The van der Waals surface area contributed by atoms with Gasteiger partial charge < -0.3 is 20.4 Å². The summed E-state index contributed by atoms with van der Waals surface area (Å²) in [5.41, 5.74) is 6.06. The zero-order valence-electron chi connectivity index (χ0n) is 75.0. The third kappa shape index (κ3) is 16.2. The summed E-state index contributed by atoms with van der Waals surface area (Å²) < 4.78 is 7.71. The molecule has 0 bridgehead atoms. The van der Waals surface area contributed by atoms with Gasteiger partial charge in [-0.1, -0.05) is 39.8 Å². The van der Waals surface area contributed by atoms with Gasteiger partial charge in [-0.3, -0.25) is 33.1 Å². The van der Waals surface area contributed by atoms with E-state index in [2.05, 4.69) is 98.5 Å². The van der Waals surface area contributed by atoms with Crippen LogP contribution in [-0.2, 0) is 40.6 Å². The van der Waals surface area contributed by atoms with Crippen LogP contribution in [0.15, 0.2) is 55.1 Å². The number of hydrogen-bond donors (Lipinski definition) is 4. The van der Waals surface area contributed by atoms with Crippen molar-refractivity contribution in [3.63, 3.8) is 0 Å². The van der Waals surface area contributed by atoms with Gasteiger partial charge in [0.05, 0.1) is 53.1 Å². The normalized spacial score (nSPS) is 46.3. The molecule has 0 amide bonds. The second kappa shape index (κ2) is 32.2. The number of hydrogen-bond acceptors (Lipinski definition) is 11. The highest BCUT2D eigenvalue weighted by Gasteiger charge is 2.64. The number of carbonyl (C=O) groups excluding carboxylic acids is 3. The number of nitrogens with zero attached hydrogens (tertiary/aromatic N) is 8. The van der Waals surface area contributed by atoms with Gasteiger partial charge in [0.2, 0.25) is 0 Å². The fourth-order valence-corrected chi connectivity index (χ4v) is 34.2. The number of carbonyl (C=O) groups is 3. The van der Waals surface area contributed by atoms with Gasteiger partial charge in [0, 0.05) is 47.7 Å². The average Bonchev–Trinajstić information content (AvgIpc) is 1.66. The fourth-order valence-electron chi connectivity index (χ4n) is 34.2. The third-order valence-corrected chi connectivity index (χ3v) is 39.5. The van der Waals surface area contributed by atoms with Crippen molar-refractivity contribution >= 4 is 17.3 Å². The van der Waals surface area contributed by atoms with Gasteiger partial charge in [-0.2, -0.15) is 20.4 Å². The molecule has 0 radical (unpaired) electrons. The van der Waals surface area contributed by atoms with E-state index in [0.717, 1.165) is 218 Å². The quantitative estimate of drug-likeness (QED) is 0.0983. The Morgan fingerprint density at radius 3 is 1.06 bits per heavy atom. The van der Waals surface area contributed by atoms with Crippen molar-refractivity contribution in [3.05, 3.63) is 83.5 Å². The van der Waals surface area contributed by atoms with E-state index in [1.165, 1.54) is 166 Å². The molecule has 16 saturated carbocycles. The Morgan fingerprint density at radius 1 is 0.368 bits per heavy atom. The lowest BCUT2D eigenvalue weighted by Gasteiger charge is -2.57. The van der Waals surface area contributed by atoms with Crippen molar-refractivity contribution in [1.82, 2.24) is 39.1 Å². The van der Waals surface area contributed by atoms with Gasteiger partial charge in [0.25, 0.3) is 0 Å². The topological polar surface area (TPSA) is 203 Å². The summed E-state index contributed by atoms with van der Waals surface area (Å²) in [6, 6.07) is 6.15. The second-order valence-corrected chi connectivity index (χ2v) is 46.5. The van der Waals surface area contributed by atoms with Crippen molar-refractivity contribution in [2.45, 2.75) is 370 Å². The molecule has 0 aliphatic heterocycles. The summed E-state index contributed by atoms with van der Waals surface area (Å²) in [6.07, 6.45) is 51.2. The van der Waals surface area contributed by atoms with Crippen LogP contribution in [-0.4, -0.2) is 99.3 Å². The van der Waals surface area contributed by atoms with Gasteiger partial charge in [0.1, 0.15) is 13.1 Å². The minimum absolute atomic E-state index is 0.182. The van der Waals surface area contributed by atoms with Crippen LogP contribution >= 0.6 is 0 Å². The summed E-state index contributed by atoms with van der Waals surface area (Å²) >= 11 is 0. The molecular formula is C102H156N8O7. The smallest absolute Gasteiger partial charge is 0.157 e. The van der Waals surface area contributed by atoms with Crippen LogP contribution in [0, 0.1) is 198 Å². The highest BCUT2D eigenvalue weighted by atomic mass is 16.3. The Kier molecular flexibility index (Phi) is 23.3. The molecule has 15 heteroatoms. The molecule has 0 unspecified atom stereocenters. The molecule has 4 aromatic heterocycles.